The van der Waals surface area contributed by atoms with Crippen LogP contribution < -0.4 is 4.74 Å². The summed E-state index contributed by atoms with van der Waals surface area (Å²) < 4.78 is 11.8. The second-order valence-electron chi connectivity index (χ2n) is 9.15. The van der Waals surface area contributed by atoms with Crippen molar-refractivity contribution in [3.05, 3.63) is 65.2 Å². The fraction of sp³-hybridized carbons (Fsp3) is 0.423. The molecule has 4 atom stereocenters. The van der Waals surface area contributed by atoms with Crippen LogP contribution in [0, 0.1) is 11.8 Å². The van der Waals surface area contributed by atoms with Crippen molar-refractivity contribution in [3.63, 3.8) is 0 Å². The van der Waals surface area contributed by atoms with Crippen LogP contribution in [-0.4, -0.2) is 39.4 Å². The van der Waals surface area contributed by atoms with E-state index in [1.165, 1.54) is 0 Å². The highest BCUT2D eigenvalue weighted by Gasteiger charge is 2.52. The average molecular weight is 449 g/mol. The Balaban J connectivity index is 1.59. The Kier molecular flexibility index (Phi) is 5.56. The zero-order chi connectivity index (χ0) is 23.1. The van der Waals surface area contributed by atoms with E-state index in [1.54, 1.807) is 35.5 Å². The van der Waals surface area contributed by atoms with Crippen LogP contribution in [0.5, 0.6) is 11.5 Å². The van der Waals surface area contributed by atoms with E-state index in [1.807, 2.05) is 19.1 Å². The lowest BCUT2D eigenvalue weighted by atomic mass is 9.74. The zero-order valence-electron chi connectivity index (χ0n) is 18.9. The van der Waals surface area contributed by atoms with Crippen molar-refractivity contribution < 1.29 is 24.2 Å². The SMILES string of the molecule is CCOc1cc(C2C3=C(OC4CCC(C)CC4C3=O)C(=O)N2Cc2cccnc2)ccc1O. The molecule has 33 heavy (non-hydrogen) atoms. The van der Waals surface area contributed by atoms with Crippen molar-refractivity contribution in [2.75, 3.05) is 6.61 Å². The van der Waals surface area contributed by atoms with Gasteiger partial charge in [-0.15, -0.1) is 0 Å². The third-order valence-corrected chi connectivity index (χ3v) is 6.88. The smallest absolute Gasteiger partial charge is 0.290 e. The van der Waals surface area contributed by atoms with Crippen LogP contribution in [-0.2, 0) is 20.9 Å². The first-order chi connectivity index (χ1) is 16.0. The number of hydrogen-bond acceptors (Lipinski definition) is 6. The zero-order valence-corrected chi connectivity index (χ0v) is 18.9. The maximum Gasteiger partial charge on any atom is 0.290 e. The van der Waals surface area contributed by atoms with Gasteiger partial charge in [0.2, 0.25) is 0 Å². The summed E-state index contributed by atoms with van der Waals surface area (Å²) in [6.45, 7) is 4.67. The Morgan fingerprint density at radius 3 is 2.85 bits per heavy atom. The molecule has 4 unspecified atom stereocenters. The molecule has 1 saturated carbocycles. The van der Waals surface area contributed by atoms with Crippen molar-refractivity contribution >= 4 is 11.7 Å². The number of benzene rings is 1. The van der Waals surface area contributed by atoms with Crippen molar-refractivity contribution in [3.8, 4) is 11.5 Å². The first-order valence-corrected chi connectivity index (χ1v) is 11.6. The van der Waals surface area contributed by atoms with E-state index in [0.717, 1.165) is 24.8 Å². The standard InChI is InChI=1S/C26H28N2O5/c1-3-32-21-12-17(7-8-19(21)29)23-22-24(30)18-11-15(2)6-9-20(18)33-25(22)26(31)28(23)14-16-5-4-10-27-13-16/h4-5,7-8,10,12-13,15,18,20,23,29H,3,6,9,11,14H2,1-2H3. The summed E-state index contributed by atoms with van der Waals surface area (Å²) in [5.41, 5.74) is 1.99. The van der Waals surface area contributed by atoms with Crippen LogP contribution >= 0.6 is 0 Å². The molecule has 5 rings (SSSR count). The van der Waals surface area contributed by atoms with Crippen molar-refractivity contribution in [1.82, 2.24) is 9.88 Å². The van der Waals surface area contributed by atoms with E-state index in [2.05, 4.69) is 11.9 Å². The number of nitrogens with zero attached hydrogens (tertiary/aromatic N) is 2. The number of phenols is 1. The lowest BCUT2D eigenvalue weighted by Gasteiger charge is -2.37. The number of aromatic hydroxyl groups is 1. The number of phenolic OH excluding ortho intramolecular Hbond substituents is 1. The van der Waals surface area contributed by atoms with Gasteiger partial charge in [0, 0.05) is 18.9 Å². The van der Waals surface area contributed by atoms with Gasteiger partial charge < -0.3 is 19.5 Å². The van der Waals surface area contributed by atoms with E-state index in [9.17, 15) is 14.7 Å². The molecule has 1 aromatic heterocycles. The summed E-state index contributed by atoms with van der Waals surface area (Å²) in [5, 5.41) is 10.2. The molecule has 1 aliphatic carbocycles. The largest absolute Gasteiger partial charge is 0.504 e. The summed E-state index contributed by atoms with van der Waals surface area (Å²) in [6.07, 6.45) is 5.70. The number of carbonyl (C=O) groups is 2. The molecule has 172 valence electrons. The van der Waals surface area contributed by atoms with Crippen LogP contribution in [0.4, 0.5) is 0 Å². The van der Waals surface area contributed by atoms with Crippen molar-refractivity contribution in [1.29, 1.82) is 0 Å². The van der Waals surface area contributed by atoms with E-state index in [-0.39, 0.29) is 41.8 Å². The number of ketones is 1. The fourth-order valence-electron chi connectivity index (χ4n) is 5.29. The van der Waals surface area contributed by atoms with Crippen molar-refractivity contribution in [2.24, 2.45) is 11.8 Å². The number of hydrogen-bond donors (Lipinski definition) is 1. The van der Waals surface area contributed by atoms with E-state index in [0.29, 0.717) is 29.4 Å². The molecule has 7 nitrogen and oxygen atoms in total. The number of pyridine rings is 1. The van der Waals surface area contributed by atoms with Crippen LogP contribution in [0.1, 0.15) is 50.3 Å². The first kappa shape index (κ1) is 21.5. The molecule has 3 heterocycles. The maximum absolute atomic E-state index is 13.8. The van der Waals surface area contributed by atoms with Gasteiger partial charge in [-0.2, -0.15) is 0 Å². The normalized spacial score (nSPS) is 26.7. The van der Waals surface area contributed by atoms with Crippen LogP contribution in [0.3, 0.4) is 0 Å². The Morgan fingerprint density at radius 2 is 2.09 bits per heavy atom. The third kappa shape index (κ3) is 3.75. The summed E-state index contributed by atoms with van der Waals surface area (Å²) in [6, 6.07) is 8.12. The second kappa shape index (κ2) is 8.54. The Bertz CT molecular complexity index is 1110. The summed E-state index contributed by atoms with van der Waals surface area (Å²) in [7, 11) is 0. The van der Waals surface area contributed by atoms with Gasteiger partial charge in [0.25, 0.3) is 5.91 Å². The molecule has 0 radical (unpaired) electrons. The topological polar surface area (TPSA) is 89.0 Å². The number of aromatic nitrogens is 1. The quantitative estimate of drug-likeness (QED) is 0.746. The number of Topliss-reactive ketones (excluding diaryl/α,β-unsaturated/α-hetero) is 1. The lowest BCUT2D eigenvalue weighted by Crippen LogP contribution is -2.41. The van der Waals surface area contributed by atoms with Gasteiger partial charge in [-0.1, -0.05) is 19.1 Å². The molecule has 3 aliphatic rings. The molecule has 1 amide bonds. The van der Waals surface area contributed by atoms with Gasteiger partial charge in [-0.25, -0.2) is 0 Å². The number of fused-ring (bicyclic) bond motifs is 1. The number of ether oxygens (including phenoxy) is 2. The van der Waals surface area contributed by atoms with Gasteiger partial charge in [-0.05, 0) is 61.4 Å². The minimum Gasteiger partial charge on any atom is -0.504 e. The molecular weight excluding hydrogens is 420 g/mol. The summed E-state index contributed by atoms with van der Waals surface area (Å²) in [5.74, 6) is 0.458. The molecule has 1 aromatic carbocycles. The maximum atomic E-state index is 13.8. The fourth-order valence-corrected chi connectivity index (χ4v) is 5.29. The molecule has 1 N–H and O–H groups in total. The predicted molar refractivity (Wildman–Crippen MR) is 120 cm³/mol. The highest BCUT2D eigenvalue weighted by atomic mass is 16.5. The minimum absolute atomic E-state index is 0.00544. The van der Waals surface area contributed by atoms with Gasteiger partial charge in [-0.3, -0.25) is 14.6 Å². The first-order valence-electron chi connectivity index (χ1n) is 11.6. The van der Waals surface area contributed by atoms with Crippen LogP contribution in [0.25, 0.3) is 0 Å². The minimum atomic E-state index is -0.613. The molecule has 7 heteroatoms. The Morgan fingerprint density at radius 1 is 1.24 bits per heavy atom. The van der Waals surface area contributed by atoms with Gasteiger partial charge in [0.15, 0.2) is 23.0 Å². The number of carbonyl (C=O) groups excluding carboxylic acids is 2. The average Bonchev–Trinajstić information content (AvgIpc) is 3.08. The highest BCUT2D eigenvalue weighted by molar-refractivity contribution is 6.11. The second-order valence-corrected chi connectivity index (χ2v) is 9.15. The predicted octanol–water partition coefficient (Wildman–Crippen LogP) is 3.93. The lowest BCUT2D eigenvalue weighted by molar-refractivity contribution is -0.136. The van der Waals surface area contributed by atoms with Crippen molar-refractivity contribution in [2.45, 2.75) is 51.8 Å². The van der Waals surface area contributed by atoms with Crippen LogP contribution in [0.2, 0.25) is 0 Å². The Hall–Kier alpha value is -3.35. The molecule has 1 fully saturated rings. The van der Waals surface area contributed by atoms with Gasteiger partial charge in [0.1, 0.15) is 6.10 Å². The number of rotatable bonds is 5. The van der Waals surface area contributed by atoms with E-state index >= 15 is 0 Å². The molecule has 2 aliphatic heterocycles. The molecular formula is C26H28N2O5. The Labute approximate surface area is 193 Å². The summed E-state index contributed by atoms with van der Waals surface area (Å²) in [4.78, 5) is 33.2. The number of amides is 1. The highest BCUT2D eigenvalue weighted by Crippen LogP contribution is 2.48. The monoisotopic (exact) mass is 448 g/mol. The third-order valence-electron chi connectivity index (χ3n) is 6.88. The molecule has 0 saturated heterocycles. The van der Waals surface area contributed by atoms with Gasteiger partial charge in [0.05, 0.1) is 24.1 Å². The summed E-state index contributed by atoms with van der Waals surface area (Å²) >= 11 is 0. The van der Waals surface area contributed by atoms with Gasteiger partial charge >= 0.3 is 0 Å². The molecule has 2 aromatic rings. The van der Waals surface area contributed by atoms with E-state index in [4.69, 9.17) is 9.47 Å². The van der Waals surface area contributed by atoms with E-state index < -0.39 is 6.04 Å². The molecule has 0 bridgehead atoms. The molecule has 0 spiro atoms. The van der Waals surface area contributed by atoms with Crippen LogP contribution in [0.15, 0.2) is 54.1 Å².